The number of aliphatic imine (C=N–C) groups is 2. The molecule has 2 bridgehead atoms. The molecule has 4 atom stereocenters. The van der Waals surface area contributed by atoms with Crippen LogP contribution in [0.2, 0.25) is 0 Å². The SMILES string of the molecule is CC1(C)[C@H]2CC[C@@]1(C)[C@@H](N=Cc1ccc([N+](=O)[O-])cc1)[C@@H]2N=Cc1ccc([N+](=O)[O-])cc1. The molecule has 0 aliphatic heterocycles. The molecule has 2 aromatic carbocycles. The molecule has 2 saturated carbocycles. The lowest BCUT2D eigenvalue weighted by atomic mass is 9.69. The van der Waals surface area contributed by atoms with Crippen molar-refractivity contribution in [1.82, 2.24) is 0 Å². The van der Waals surface area contributed by atoms with Crippen LogP contribution in [0.1, 0.15) is 44.7 Å². The Hall–Kier alpha value is -3.42. The van der Waals surface area contributed by atoms with Crippen LogP contribution >= 0.6 is 0 Å². The van der Waals surface area contributed by atoms with Gasteiger partial charge in [0.15, 0.2) is 0 Å². The second-order valence-corrected chi connectivity index (χ2v) is 9.47. The number of hydrogen-bond acceptors (Lipinski definition) is 6. The van der Waals surface area contributed by atoms with E-state index in [-0.39, 0.29) is 34.3 Å². The molecule has 8 nitrogen and oxygen atoms in total. The molecule has 0 amide bonds. The molecule has 0 N–H and O–H groups in total. The fourth-order valence-corrected chi connectivity index (χ4v) is 5.43. The van der Waals surface area contributed by atoms with Crippen molar-refractivity contribution in [1.29, 1.82) is 0 Å². The molecule has 4 rings (SSSR count). The quantitative estimate of drug-likeness (QED) is 0.352. The van der Waals surface area contributed by atoms with Gasteiger partial charge >= 0.3 is 0 Å². The molecule has 8 heteroatoms. The molecular weight excluding hydrogens is 408 g/mol. The Morgan fingerprint density at radius 1 is 0.844 bits per heavy atom. The van der Waals surface area contributed by atoms with E-state index in [0.29, 0.717) is 5.92 Å². The largest absolute Gasteiger partial charge is 0.287 e. The van der Waals surface area contributed by atoms with Crippen molar-refractivity contribution in [2.75, 3.05) is 0 Å². The van der Waals surface area contributed by atoms with Crippen molar-refractivity contribution in [2.24, 2.45) is 26.7 Å². The maximum Gasteiger partial charge on any atom is 0.269 e. The maximum absolute atomic E-state index is 10.9. The molecule has 2 fully saturated rings. The third-order valence-corrected chi connectivity index (χ3v) is 7.75. The molecule has 0 saturated heterocycles. The van der Waals surface area contributed by atoms with Crippen LogP contribution in [0.5, 0.6) is 0 Å². The zero-order chi connectivity index (χ0) is 23.1. The fraction of sp³-hybridized carbons (Fsp3) is 0.417. The molecule has 0 unspecified atom stereocenters. The molecule has 0 spiro atoms. The number of nitro groups is 2. The minimum atomic E-state index is -0.414. The lowest BCUT2D eigenvalue weighted by Gasteiger charge is -2.37. The summed E-state index contributed by atoms with van der Waals surface area (Å²) in [6.45, 7) is 6.87. The maximum atomic E-state index is 10.9. The van der Waals surface area contributed by atoms with Crippen LogP contribution in [-0.2, 0) is 0 Å². The average molecular weight is 434 g/mol. The Morgan fingerprint density at radius 2 is 1.31 bits per heavy atom. The molecule has 2 aliphatic rings. The monoisotopic (exact) mass is 434 g/mol. The average Bonchev–Trinajstić information content (AvgIpc) is 3.09. The first-order valence-corrected chi connectivity index (χ1v) is 10.7. The first-order chi connectivity index (χ1) is 15.1. The Bertz CT molecular complexity index is 1090. The van der Waals surface area contributed by atoms with Crippen molar-refractivity contribution in [2.45, 2.75) is 45.7 Å². The zero-order valence-corrected chi connectivity index (χ0v) is 18.3. The van der Waals surface area contributed by atoms with Crippen LogP contribution in [-0.4, -0.2) is 34.4 Å². The van der Waals surface area contributed by atoms with Gasteiger partial charge in [-0.15, -0.1) is 0 Å². The number of benzene rings is 2. The topological polar surface area (TPSA) is 111 Å². The molecule has 2 aliphatic carbocycles. The minimum Gasteiger partial charge on any atom is -0.287 e. The van der Waals surface area contributed by atoms with E-state index >= 15 is 0 Å². The number of hydrogen-bond donors (Lipinski definition) is 0. The van der Waals surface area contributed by atoms with Crippen molar-refractivity contribution >= 4 is 23.8 Å². The number of nitro benzene ring substituents is 2. The number of rotatable bonds is 6. The molecule has 32 heavy (non-hydrogen) atoms. The molecule has 0 radical (unpaired) electrons. The first kappa shape index (κ1) is 21.8. The van der Waals surface area contributed by atoms with Crippen molar-refractivity contribution in [3.05, 3.63) is 79.9 Å². The van der Waals surface area contributed by atoms with E-state index in [0.717, 1.165) is 24.0 Å². The van der Waals surface area contributed by atoms with Gasteiger partial charge in [0.25, 0.3) is 11.4 Å². The lowest BCUT2D eigenvalue weighted by molar-refractivity contribution is -0.385. The van der Waals surface area contributed by atoms with Gasteiger partial charge in [-0.1, -0.05) is 20.8 Å². The standard InChI is InChI=1S/C24H26N4O4/c1-23(2)20-12-13-24(23,3)22(26-15-17-6-10-19(11-7-17)28(31)32)21(20)25-14-16-4-8-18(9-5-16)27(29)30/h4-11,14-15,20-22H,12-13H2,1-3H3/t20-,21+,22-,24-/m0/s1. The molecule has 0 aromatic heterocycles. The van der Waals surface area contributed by atoms with Gasteiger partial charge in [0.2, 0.25) is 0 Å². The van der Waals surface area contributed by atoms with Gasteiger partial charge in [-0.25, -0.2) is 0 Å². The molecule has 166 valence electrons. The van der Waals surface area contributed by atoms with Crippen LogP contribution in [0.3, 0.4) is 0 Å². The van der Waals surface area contributed by atoms with E-state index in [1.807, 2.05) is 0 Å². The normalized spacial score (nSPS) is 28.5. The minimum absolute atomic E-state index is 0.00752. The summed E-state index contributed by atoms with van der Waals surface area (Å²) in [6.07, 6.45) is 5.76. The van der Waals surface area contributed by atoms with Crippen LogP contribution in [0, 0.1) is 37.0 Å². The van der Waals surface area contributed by atoms with Gasteiger partial charge in [0.1, 0.15) is 0 Å². The summed E-state index contributed by atoms with van der Waals surface area (Å²) in [5, 5.41) is 21.8. The van der Waals surface area contributed by atoms with E-state index in [4.69, 9.17) is 9.98 Å². The van der Waals surface area contributed by atoms with Gasteiger partial charge in [-0.05, 0) is 65.0 Å². The summed E-state index contributed by atoms with van der Waals surface area (Å²) >= 11 is 0. The molecule has 0 heterocycles. The smallest absolute Gasteiger partial charge is 0.269 e. The summed E-state index contributed by atoms with van der Waals surface area (Å²) in [5.41, 5.74) is 1.81. The van der Waals surface area contributed by atoms with Crippen LogP contribution < -0.4 is 0 Å². The number of non-ortho nitro benzene ring substituents is 2. The van der Waals surface area contributed by atoms with Gasteiger partial charge in [-0.3, -0.25) is 30.2 Å². The summed E-state index contributed by atoms with van der Waals surface area (Å²) in [6, 6.07) is 12.8. The second kappa shape index (κ2) is 7.93. The van der Waals surface area contributed by atoms with E-state index in [1.165, 1.54) is 24.3 Å². The van der Waals surface area contributed by atoms with Crippen molar-refractivity contribution in [3.8, 4) is 0 Å². The van der Waals surface area contributed by atoms with E-state index < -0.39 is 9.85 Å². The highest BCUT2D eigenvalue weighted by atomic mass is 16.6. The third-order valence-electron chi connectivity index (χ3n) is 7.75. The Morgan fingerprint density at radius 3 is 1.78 bits per heavy atom. The zero-order valence-electron chi connectivity index (χ0n) is 18.3. The van der Waals surface area contributed by atoms with E-state index in [1.54, 1.807) is 36.7 Å². The summed E-state index contributed by atoms with van der Waals surface area (Å²) in [7, 11) is 0. The van der Waals surface area contributed by atoms with Crippen molar-refractivity contribution < 1.29 is 9.85 Å². The van der Waals surface area contributed by atoms with E-state index in [2.05, 4.69) is 20.8 Å². The third kappa shape index (κ3) is 3.59. The Balaban J connectivity index is 1.61. The van der Waals surface area contributed by atoms with Crippen molar-refractivity contribution in [3.63, 3.8) is 0 Å². The summed E-state index contributed by atoms with van der Waals surface area (Å²) in [5.74, 6) is 0.390. The predicted molar refractivity (Wildman–Crippen MR) is 124 cm³/mol. The van der Waals surface area contributed by atoms with Crippen LogP contribution in [0.4, 0.5) is 11.4 Å². The number of nitrogens with zero attached hydrogens (tertiary/aromatic N) is 4. The first-order valence-electron chi connectivity index (χ1n) is 10.7. The van der Waals surface area contributed by atoms with Crippen LogP contribution in [0.15, 0.2) is 58.5 Å². The van der Waals surface area contributed by atoms with Gasteiger partial charge < -0.3 is 0 Å². The Labute approximate surface area is 186 Å². The Kier molecular flexibility index (Phi) is 5.40. The number of fused-ring (bicyclic) bond motifs is 2. The highest BCUT2D eigenvalue weighted by molar-refractivity contribution is 5.81. The lowest BCUT2D eigenvalue weighted by Crippen LogP contribution is -2.38. The van der Waals surface area contributed by atoms with Crippen LogP contribution in [0.25, 0.3) is 0 Å². The molecular formula is C24H26N4O4. The fourth-order valence-electron chi connectivity index (χ4n) is 5.43. The highest BCUT2D eigenvalue weighted by Crippen LogP contribution is 2.67. The van der Waals surface area contributed by atoms with E-state index in [9.17, 15) is 20.2 Å². The molecule has 2 aromatic rings. The second-order valence-electron chi connectivity index (χ2n) is 9.47. The van der Waals surface area contributed by atoms with Gasteiger partial charge in [0, 0.05) is 36.7 Å². The summed E-state index contributed by atoms with van der Waals surface area (Å²) < 4.78 is 0. The highest BCUT2D eigenvalue weighted by Gasteiger charge is 2.66. The predicted octanol–water partition coefficient (Wildman–Crippen LogP) is 5.23. The van der Waals surface area contributed by atoms with Gasteiger partial charge in [-0.2, -0.15) is 0 Å². The van der Waals surface area contributed by atoms with Gasteiger partial charge in [0.05, 0.1) is 21.9 Å². The summed E-state index contributed by atoms with van der Waals surface area (Å²) in [4.78, 5) is 30.8.